The Morgan fingerprint density at radius 1 is 0.923 bits per heavy atom. The van der Waals surface area contributed by atoms with Crippen LogP contribution in [0, 0.1) is 0 Å². The van der Waals surface area contributed by atoms with E-state index in [0.29, 0.717) is 11.5 Å². The van der Waals surface area contributed by atoms with Gasteiger partial charge in [0.05, 0.1) is 5.39 Å². The van der Waals surface area contributed by atoms with E-state index >= 15 is 0 Å². The normalized spacial score (nSPS) is 17.3. The highest BCUT2D eigenvalue weighted by molar-refractivity contribution is 6.83. The lowest BCUT2D eigenvalue weighted by Crippen LogP contribution is -2.63. The minimum Gasteiger partial charge on any atom is -0.442 e. The number of para-hydroxylation sites is 1. The zero-order valence-electron chi connectivity index (χ0n) is 22.4. The molecule has 2 aromatic heterocycles. The molecule has 1 aromatic carbocycles. The van der Waals surface area contributed by atoms with Crippen molar-refractivity contribution in [1.29, 1.82) is 0 Å². The first-order valence-electron chi connectivity index (χ1n) is 13.2. The first kappa shape index (κ1) is 24.7. The minimum atomic E-state index is -0.141. The van der Waals surface area contributed by atoms with Crippen LogP contribution in [0.4, 0.5) is 0 Å². The highest BCUT2D eigenvalue weighted by atomic mass is 16.3. The summed E-state index contributed by atoms with van der Waals surface area (Å²) in [6, 6.07) is 7.97. The molecule has 0 aliphatic carbocycles. The fourth-order valence-electron chi connectivity index (χ4n) is 5.15. The molecule has 0 radical (unpaired) electrons. The van der Waals surface area contributed by atoms with E-state index in [-0.39, 0.29) is 20.8 Å². The molecule has 7 nitrogen and oxygen atoms in total. The molecule has 190 valence electrons. The third-order valence-corrected chi connectivity index (χ3v) is 7.17. The van der Waals surface area contributed by atoms with Crippen LogP contribution in [0.25, 0.3) is 27.6 Å². The monoisotopic (exact) mass is 510 g/mol. The number of benzene rings is 1. The molecule has 0 saturated heterocycles. The molecule has 39 heavy (non-hydrogen) atoms. The SMILES string of the molecule is C/C=C\C=C/N(C)N1C=CC(c2ncc3c(n2)oc2ccccc23)=CB1N1C=CC=CB1N1C=CC=CB1C. The van der Waals surface area contributed by atoms with Crippen molar-refractivity contribution in [3.05, 3.63) is 128 Å². The van der Waals surface area contributed by atoms with Crippen molar-refractivity contribution >= 4 is 48.5 Å². The Kier molecular flexibility index (Phi) is 6.75. The highest BCUT2D eigenvalue weighted by Gasteiger charge is 2.40. The number of hydrogen-bond donors (Lipinski definition) is 0. The van der Waals surface area contributed by atoms with E-state index in [4.69, 9.17) is 14.4 Å². The van der Waals surface area contributed by atoms with Crippen LogP contribution in [-0.2, 0) is 0 Å². The largest absolute Gasteiger partial charge is 0.442 e. The summed E-state index contributed by atoms with van der Waals surface area (Å²) in [6.07, 6.45) is 26.8. The average molecular weight is 510 g/mol. The lowest BCUT2D eigenvalue weighted by Gasteiger charge is -2.46. The Bertz CT molecular complexity index is 1620. The summed E-state index contributed by atoms with van der Waals surface area (Å²) < 4.78 is 10.8. The molecule has 3 aliphatic heterocycles. The second-order valence-electron chi connectivity index (χ2n) is 9.68. The van der Waals surface area contributed by atoms with Crippen molar-refractivity contribution in [2.45, 2.75) is 13.7 Å². The van der Waals surface area contributed by atoms with Crippen molar-refractivity contribution in [3.63, 3.8) is 0 Å². The topological polar surface area (TPSA) is 51.9 Å². The first-order valence-corrected chi connectivity index (χ1v) is 13.2. The standard InChI is InChI=1S/C29H29B3N6O/c1-4-5-10-18-35(3)38-21-15-24(28-33-23-26-25-13-6-7-14-27(25)39-29(26)34-28)22-32(38)37-20-12-9-17-31(37)36-19-11-8-16-30(36)2/h4-23H,1-3H3/b5-4-,18-10-. The van der Waals surface area contributed by atoms with Crippen molar-refractivity contribution < 1.29 is 4.42 Å². The van der Waals surface area contributed by atoms with E-state index in [0.717, 1.165) is 21.9 Å². The predicted octanol–water partition coefficient (Wildman–Crippen LogP) is 5.51. The molecular weight excluding hydrogens is 481 g/mol. The summed E-state index contributed by atoms with van der Waals surface area (Å²) in [5.41, 5.74) is 2.35. The molecule has 0 unspecified atom stereocenters. The van der Waals surface area contributed by atoms with Gasteiger partial charge in [-0.1, -0.05) is 67.3 Å². The molecule has 0 amide bonds. The molecular formula is C29H29B3N6O. The third-order valence-electron chi connectivity index (χ3n) is 7.17. The Hall–Kier alpha value is -4.59. The maximum atomic E-state index is 6.06. The molecule has 0 fully saturated rings. The second kappa shape index (κ2) is 10.7. The van der Waals surface area contributed by atoms with E-state index in [1.54, 1.807) is 0 Å². The Morgan fingerprint density at radius 2 is 1.74 bits per heavy atom. The fourth-order valence-corrected chi connectivity index (χ4v) is 5.15. The zero-order valence-corrected chi connectivity index (χ0v) is 22.4. The molecule has 5 heterocycles. The number of nitrogens with zero attached hydrogens (tertiary/aromatic N) is 6. The van der Waals surface area contributed by atoms with Crippen LogP contribution in [0.3, 0.4) is 0 Å². The lowest BCUT2D eigenvalue weighted by molar-refractivity contribution is 0.205. The maximum absolute atomic E-state index is 6.06. The molecule has 0 atom stereocenters. The van der Waals surface area contributed by atoms with E-state index in [9.17, 15) is 0 Å². The van der Waals surface area contributed by atoms with Crippen LogP contribution < -0.4 is 0 Å². The Balaban J connectivity index is 1.40. The van der Waals surface area contributed by atoms with Gasteiger partial charge in [0.25, 0.3) is 6.85 Å². The fraction of sp³-hybridized carbons (Fsp3) is 0.103. The quantitative estimate of drug-likeness (QED) is 0.320. The van der Waals surface area contributed by atoms with Crippen LogP contribution in [0.2, 0.25) is 6.82 Å². The molecule has 10 heteroatoms. The molecule has 6 rings (SSSR count). The van der Waals surface area contributed by atoms with Gasteiger partial charge in [-0.25, -0.2) is 4.98 Å². The molecule has 3 aromatic rings. The summed E-state index contributed by atoms with van der Waals surface area (Å²) in [4.78, 5) is 11.8. The Labute approximate surface area is 230 Å². The van der Waals surface area contributed by atoms with Crippen molar-refractivity contribution in [2.24, 2.45) is 0 Å². The molecule has 0 saturated carbocycles. The average Bonchev–Trinajstić information content (AvgIpc) is 3.35. The second-order valence-corrected chi connectivity index (χ2v) is 9.68. The summed E-state index contributed by atoms with van der Waals surface area (Å²) in [6.45, 7) is 4.37. The van der Waals surface area contributed by atoms with Gasteiger partial charge in [0.1, 0.15) is 5.58 Å². The van der Waals surface area contributed by atoms with Gasteiger partial charge in [-0.2, -0.15) is 4.98 Å². The van der Waals surface area contributed by atoms with Crippen LogP contribution in [0.5, 0.6) is 0 Å². The van der Waals surface area contributed by atoms with Gasteiger partial charge in [-0.15, -0.1) is 0 Å². The van der Waals surface area contributed by atoms with E-state index in [1.165, 1.54) is 0 Å². The first-order chi connectivity index (χ1) is 19.1. The Morgan fingerprint density at radius 3 is 2.59 bits per heavy atom. The number of rotatable bonds is 6. The third kappa shape index (κ3) is 4.74. The molecule has 3 aliphatic rings. The van der Waals surface area contributed by atoms with Crippen LogP contribution in [-0.4, -0.2) is 57.2 Å². The maximum Gasteiger partial charge on any atom is 0.412 e. The number of fused-ring (bicyclic) bond motifs is 3. The number of hydrogen-bond acceptors (Lipinski definition) is 7. The summed E-state index contributed by atoms with van der Waals surface area (Å²) in [7, 11) is 2.05. The summed E-state index contributed by atoms with van der Waals surface area (Å²) >= 11 is 0. The molecule has 0 N–H and O–H groups in total. The highest BCUT2D eigenvalue weighted by Crippen LogP contribution is 2.30. The predicted molar refractivity (Wildman–Crippen MR) is 163 cm³/mol. The summed E-state index contributed by atoms with van der Waals surface area (Å²) in [5.74, 6) is 7.30. The van der Waals surface area contributed by atoms with Gasteiger partial charge < -0.3 is 23.8 Å². The van der Waals surface area contributed by atoms with Crippen LogP contribution >= 0.6 is 0 Å². The number of allylic oxidation sites excluding steroid dienone is 9. The molecule has 0 bridgehead atoms. The minimum absolute atomic E-state index is 0.0226. The van der Waals surface area contributed by atoms with Gasteiger partial charge in [0.2, 0.25) is 5.71 Å². The number of furan rings is 1. The van der Waals surface area contributed by atoms with Gasteiger partial charge in [-0.3, -0.25) is 0 Å². The summed E-state index contributed by atoms with van der Waals surface area (Å²) in [5, 5.41) is 4.04. The zero-order chi connectivity index (χ0) is 26.8. The number of aromatic nitrogens is 2. The van der Waals surface area contributed by atoms with Gasteiger partial charge in [-0.05, 0) is 49.7 Å². The lowest BCUT2D eigenvalue weighted by atomic mass is 9.48. The van der Waals surface area contributed by atoms with Crippen LogP contribution in [0.15, 0.2) is 126 Å². The van der Waals surface area contributed by atoms with Crippen molar-refractivity contribution in [2.75, 3.05) is 7.05 Å². The van der Waals surface area contributed by atoms with Gasteiger partial charge in [0.15, 0.2) is 5.82 Å². The van der Waals surface area contributed by atoms with Crippen molar-refractivity contribution in [1.82, 2.24) is 29.3 Å². The van der Waals surface area contributed by atoms with E-state index < -0.39 is 0 Å². The van der Waals surface area contributed by atoms with Gasteiger partial charge >= 0.3 is 14.0 Å². The molecule has 0 spiro atoms. The smallest absolute Gasteiger partial charge is 0.412 e. The van der Waals surface area contributed by atoms with E-state index in [1.807, 2.05) is 55.6 Å². The van der Waals surface area contributed by atoms with Gasteiger partial charge in [0, 0.05) is 36.6 Å². The number of hydrazine groups is 1. The van der Waals surface area contributed by atoms with Crippen molar-refractivity contribution in [3.8, 4) is 0 Å². The van der Waals surface area contributed by atoms with E-state index in [2.05, 4.69) is 106 Å². The van der Waals surface area contributed by atoms with Crippen LogP contribution in [0.1, 0.15) is 12.7 Å².